The van der Waals surface area contributed by atoms with Gasteiger partial charge in [0, 0.05) is 11.3 Å². The molecule has 0 aromatic heterocycles. The summed E-state index contributed by atoms with van der Waals surface area (Å²) >= 11 is 0. The van der Waals surface area contributed by atoms with Gasteiger partial charge in [-0.1, -0.05) is 39.0 Å². The van der Waals surface area contributed by atoms with Crippen molar-refractivity contribution in [2.75, 3.05) is 5.32 Å². The van der Waals surface area contributed by atoms with Crippen LogP contribution in [-0.2, 0) is 10.2 Å². The van der Waals surface area contributed by atoms with Crippen LogP contribution < -0.4 is 15.8 Å². The molecule has 2 aromatic rings. The standard InChI is InChI=1S/C20H24N2O3/c1-13(25-17-10-8-15(9-11-17)20(2,3)4)19(24)22-16-7-5-6-14(12-16)18(21)23/h5-13H,1-4H3,(H2,21,23)(H,22,24)/t13-/m0/s1. The van der Waals surface area contributed by atoms with Crippen molar-refractivity contribution in [2.45, 2.75) is 39.2 Å². The zero-order valence-electron chi connectivity index (χ0n) is 15.0. The second-order valence-corrected chi connectivity index (χ2v) is 6.97. The number of hydrogen-bond donors (Lipinski definition) is 2. The van der Waals surface area contributed by atoms with Gasteiger partial charge >= 0.3 is 0 Å². The van der Waals surface area contributed by atoms with E-state index in [2.05, 4.69) is 26.1 Å². The molecule has 0 unspecified atom stereocenters. The topological polar surface area (TPSA) is 81.4 Å². The molecule has 0 aliphatic carbocycles. The van der Waals surface area contributed by atoms with Gasteiger partial charge in [-0.15, -0.1) is 0 Å². The Hall–Kier alpha value is -2.82. The lowest BCUT2D eigenvalue weighted by Crippen LogP contribution is -2.30. The summed E-state index contributed by atoms with van der Waals surface area (Å²) in [4.78, 5) is 23.5. The van der Waals surface area contributed by atoms with E-state index in [9.17, 15) is 9.59 Å². The van der Waals surface area contributed by atoms with Crippen LogP contribution in [0, 0.1) is 0 Å². The summed E-state index contributed by atoms with van der Waals surface area (Å²) < 4.78 is 5.69. The molecule has 2 amide bonds. The summed E-state index contributed by atoms with van der Waals surface area (Å²) in [7, 11) is 0. The maximum Gasteiger partial charge on any atom is 0.265 e. The predicted molar refractivity (Wildman–Crippen MR) is 98.8 cm³/mol. The normalized spacial score (nSPS) is 12.3. The summed E-state index contributed by atoms with van der Waals surface area (Å²) in [5.41, 5.74) is 7.34. The molecule has 0 saturated carbocycles. The lowest BCUT2D eigenvalue weighted by atomic mass is 9.87. The number of carbonyl (C=O) groups excluding carboxylic acids is 2. The molecule has 0 saturated heterocycles. The van der Waals surface area contributed by atoms with Crippen LogP contribution in [0.3, 0.4) is 0 Å². The van der Waals surface area contributed by atoms with Crippen LogP contribution in [0.4, 0.5) is 5.69 Å². The first-order chi connectivity index (χ1) is 11.7. The molecule has 0 fully saturated rings. The average Bonchev–Trinajstić information content (AvgIpc) is 2.54. The molecule has 132 valence electrons. The van der Waals surface area contributed by atoms with E-state index in [4.69, 9.17) is 10.5 Å². The van der Waals surface area contributed by atoms with E-state index >= 15 is 0 Å². The molecule has 25 heavy (non-hydrogen) atoms. The highest BCUT2D eigenvalue weighted by Gasteiger charge is 2.17. The fraction of sp³-hybridized carbons (Fsp3) is 0.300. The van der Waals surface area contributed by atoms with Crippen LogP contribution in [0.25, 0.3) is 0 Å². The molecule has 5 heteroatoms. The maximum absolute atomic E-state index is 12.3. The summed E-state index contributed by atoms with van der Waals surface area (Å²) in [6.07, 6.45) is -0.683. The Morgan fingerprint density at radius 2 is 1.72 bits per heavy atom. The Morgan fingerprint density at radius 3 is 2.28 bits per heavy atom. The minimum Gasteiger partial charge on any atom is -0.481 e. The van der Waals surface area contributed by atoms with Crippen molar-refractivity contribution in [2.24, 2.45) is 5.73 Å². The second kappa shape index (κ2) is 7.38. The molecular weight excluding hydrogens is 316 g/mol. The number of nitrogens with one attached hydrogen (secondary N) is 1. The summed E-state index contributed by atoms with van der Waals surface area (Å²) in [6.45, 7) is 8.09. The van der Waals surface area contributed by atoms with E-state index in [1.54, 1.807) is 25.1 Å². The largest absolute Gasteiger partial charge is 0.481 e. The van der Waals surface area contributed by atoms with Gasteiger partial charge in [-0.3, -0.25) is 9.59 Å². The van der Waals surface area contributed by atoms with Gasteiger partial charge < -0.3 is 15.8 Å². The number of nitrogens with two attached hydrogens (primary N) is 1. The number of anilines is 1. The van der Waals surface area contributed by atoms with E-state index in [-0.39, 0.29) is 11.3 Å². The molecule has 1 atom stereocenters. The summed E-state index contributed by atoms with van der Waals surface area (Å²) in [5, 5.41) is 2.72. The number of amides is 2. The van der Waals surface area contributed by atoms with E-state index in [1.807, 2.05) is 24.3 Å². The molecule has 2 rings (SSSR count). The third kappa shape index (κ3) is 5.08. The lowest BCUT2D eigenvalue weighted by Gasteiger charge is -2.20. The minimum atomic E-state index is -0.683. The number of rotatable bonds is 5. The third-order valence-electron chi connectivity index (χ3n) is 3.82. The minimum absolute atomic E-state index is 0.0625. The van der Waals surface area contributed by atoms with E-state index in [0.717, 1.165) is 0 Å². The monoisotopic (exact) mass is 340 g/mol. The van der Waals surface area contributed by atoms with Crippen molar-refractivity contribution in [3.05, 3.63) is 59.7 Å². The first-order valence-corrected chi connectivity index (χ1v) is 8.15. The van der Waals surface area contributed by atoms with E-state index in [0.29, 0.717) is 17.0 Å². The van der Waals surface area contributed by atoms with Crippen LogP contribution in [0.1, 0.15) is 43.6 Å². The van der Waals surface area contributed by atoms with Crippen molar-refractivity contribution in [1.82, 2.24) is 0 Å². The highest BCUT2D eigenvalue weighted by Crippen LogP contribution is 2.24. The number of carbonyl (C=O) groups is 2. The number of primary amides is 1. The fourth-order valence-electron chi connectivity index (χ4n) is 2.29. The van der Waals surface area contributed by atoms with Gasteiger partial charge in [-0.25, -0.2) is 0 Å². The van der Waals surface area contributed by atoms with Gasteiger partial charge in [0.05, 0.1) is 0 Å². The van der Waals surface area contributed by atoms with Crippen molar-refractivity contribution < 1.29 is 14.3 Å². The van der Waals surface area contributed by atoms with Gasteiger partial charge in [0.1, 0.15) is 5.75 Å². The Balaban J connectivity index is 2.00. The molecule has 0 aliphatic rings. The van der Waals surface area contributed by atoms with Crippen LogP contribution in [0.15, 0.2) is 48.5 Å². The Bertz CT molecular complexity index is 761. The quantitative estimate of drug-likeness (QED) is 0.874. The van der Waals surface area contributed by atoms with Gasteiger partial charge in [-0.05, 0) is 48.2 Å². The van der Waals surface area contributed by atoms with E-state index < -0.39 is 12.0 Å². The van der Waals surface area contributed by atoms with Crippen LogP contribution >= 0.6 is 0 Å². The van der Waals surface area contributed by atoms with Gasteiger partial charge in [0.15, 0.2) is 6.10 Å². The fourth-order valence-corrected chi connectivity index (χ4v) is 2.29. The van der Waals surface area contributed by atoms with Crippen molar-refractivity contribution in [3.8, 4) is 5.75 Å². The summed E-state index contributed by atoms with van der Waals surface area (Å²) in [5.74, 6) is -0.220. The Labute approximate surface area is 148 Å². The Kier molecular flexibility index (Phi) is 5.47. The molecular formula is C20H24N2O3. The van der Waals surface area contributed by atoms with Gasteiger partial charge in [0.25, 0.3) is 5.91 Å². The summed E-state index contributed by atoms with van der Waals surface area (Å²) in [6, 6.07) is 14.2. The molecule has 3 N–H and O–H groups in total. The van der Waals surface area contributed by atoms with Gasteiger partial charge in [-0.2, -0.15) is 0 Å². The molecule has 5 nitrogen and oxygen atoms in total. The average molecular weight is 340 g/mol. The van der Waals surface area contributed by atoms with Crippen molar-refractivity contribution in [3.63, 3.8) is 0 Å². The van der Waals surface area contributed by atoms with E-state index in [1.165, 1.54) is 11.6 Å². The molecule has 0 heterocycles. The first-order valence-electron chi connectivity index (χ1n) is 8.15. The zero-order chi connectivity index (χ0) is 18.6. The SMILES string of the molecule is C[C@H](Oc1ccc(C(C)(C)C)cc1)C(=O)Nc1cccc(C(N)=O)c1. The van der Waals surface area contributed by atoms with Crippen LogP contribution in [0.5, 0.6) is 5.75 Å². The van der Waals surface area contributed by atoms with Crippen LogP contribution in [-0.4, -0.2) is 17.9 Å². The molecule has 2 aromatic carbocycles. The molecule has 0 radical (unpaired) electrons. The number of benzene rings is 2. The second-order valence-electron chi connectivity index (χ2n) is 6.97. The lowest BCUT2D eigenvalue weighted by molar-refractivity contribution is -0.122. The smallest absolute Gasteiger partial charge is 0.265 e. The zero-order valence-corrected chi connectivity index (χ0v) is 15.0. The number of hydrogen-bond acceptors (Lipinski definition) is 3. The highest BCUT2D eigenvalue weighted by molar-refractivity contribution is 5.97. The highest BCUT2D eigenvalue weighted by atomic mass is 16.5. The third-order valence-corrected chi connectivity index (χ3v) is 3.82. The predicted octanol–water partition coefficient (Wildman–Crippen LogP) is 3.49. The maximum atomic E-state index is 12.3. The molecule has 0 aliphatic heterocycles. The van der Waals surface area contributed by atoms with Gasteiger partial charge in [0.2, 0.25) is 5.91 Å². The molecule has 0 spiro atoms. The first kappa shape index (κ1) is 18.5. The Morgan fingerprint density at radius 1 is 1.08 bits per heavy atom. The van der Waals surface area contributed by atoms with Crippen molar-refractivity contribution >= 4 is 17.5 Å². The van der Waals surface area contributed by atoms with Crippen LogP contribution in [0.2, 0.25) is 0 Å². The molecule has 0 bridgehead atoms. The van der Waals surface area contributed by atoms with Crippen molar-refractivity contribution in [1.29, 1.82) is 0 Å². The number of ether oxygens (including phenoxy) is 1.